The first kappa shape index (κ1) is 27.1. The monoisotopic (exact) mass is 548 g/mol. The summed E-state index contributed by atoms with van der Waals surface area (Å²) in [5.41, 5.74) is 0.521. The van der Waals surface area contributed by atoms with Crippen molar-refractivity contribution in [3.05, 3.63) is 17.5 Å². The van der Waals surface area contributed by atoms with Gasteiger partial charge in [-0.3, -0.25) is 9.09 Å². The van der Waals surface area contributed by atoms with E-state index in [-0.39, 0.29) is 17.8 Å². The predicted molar refractivity (Wildman–Crippen MR) is 128 cm³/mol. The van der Waals surface area contributed by atoms with Gasteiger partial charge in [0, 0.05) is 18.2 Å². The van der Waals surface area contributed by atoms with E-state index in [1.165, 1.54) is 12.8 Å². The lowest BCUT2D eigenvalue weighted by atomic mass is 10.0. The van der Waals surface area contributed by atoms with Crippen LogP contribution in [0.3, 0.4) is 0 Å². The Labute approximate surface area is 212 Å². The summed E-state index contributed by atoms with van der Waals surface area (Å²) >= 11 is 6.22. The van der Waals surface area contributed by atoms with Gasteiger partial charge in [-0.05, 0) is 30.5 Å². The van der Waals surface area contributed by atoms with Gasteiger partial charge in [0.1, 0.15) is 23.9 Å². The third-order valence-corrected chi connectivity index (χ3v) is 7.57. The fraction of sp³-hybridized carbons (Fsp3) is 0.667. The molecule has 0 bridgehead atoms. The highest BCUT2D eigenvalue weighted by Crippen LogP contribution is 2.42. The SMILES string of the molecule is COC(=O)OCOP(=O)(O)COCC1O[C@@H](n2ccc3c(NC4CCCC4)nc(Cl)nc32)[C@H](O)[C@@H]1C. The number of nitrogens with zero attached hydrogens (tertiary/aromatic N) is 3. The van der Waals surface area contributed by atoms with Crippen molar-refractivity contribution in [2.45, 2.75) is 57.1 Å². The molecular formula is C21H30ClN4O9P. The lowest BCUT2D eigenvalue weighted by molar-refractivity contribution is -0.0585. The number of halogens is 1. The molecule has 2 fully saturated rings. The van der Waals surface area contributed by atoms with Crippen LogP contribution in [0.5, 0.6) is 0 Å². The minimum Gasteiger partial charge on any atom is -0.438 e. The number of fused-ring (bicyclic) bond motifs is 1. The van der Waals surface area contributed by atoms with Crippen LogP contribution in [0.15, 0.2) is 12.3 Å². The highest BCUT2D eigenvalue weighted by atomic mass is 35.5. The molecule has 2 aromatic rings. The van der Waals surface area contributed by atoms with Crippen molar-refractivity contribution in [2.75, 3.05) is 32.2 Å². The number of hydrogen-bond acceptors (Lipinski definition) is 11. The Morgan fingerprint density at radius 3 is 2.83 bits per heavy atom. The Morgan fingerprint density at radius 1 is 1.36 bits per heavy atom. The highest BCUT2D eigenvalue weighted by Gasteiger charge is 2.43. The first-order chi connectivity index (χ1) is 17.2. The molecule has 36 heavy (non-hydrogen) atoms. The van der Waals surface area contributed by atoms with Crippen LogP contribution in [0.1, 0.15) is 38.8 Å². The van der Waals surface area contributed by atoms with Gasteiger partial charge in [0.15, 0.2) is 6.23 Å². The van der Waals surface area contributed by atoms with Gasteiger partial charge in [-0.25, -0.2) is 9.78 Å². The van der Waals surface area contributed by atoms with E-state index in [2.05, 4.69) is 29.3 Å². The molecule has 5 atom stereocenters. The lowest BCUT2D eigenvalue weighted by Gasteiger charge is -2.19. The molecular weight excluding hydrogens is 519 g/mol. The van der Waals surface area contributed by atoms with E-state index in [1.54, 1.807) is 17.7 Å². The molecule has 1 aliphatic heterocycles. The van der Waals surface area contributed by atoms with E-state index in [1.807, 2.05) is 6.07 Å². The van der Waals surface area contributed by atoms with Gasteiger partial charge in [0.25, 0.3) is 0 Å². The molecule has 4 rings (SSSR count). The third kappa shape index (κ3) is 6.28. The van der Waals surface area contributed by atoms with Crippen molar-refractivity contribution in [3.63, 3.8) is 0 Å². The number of aliphatic hydroxyl groups is 1. The van der Waals surface area contributed by atoms with Crippen LogP contribution in [0.4, 0.5) is 10.6 Å². The molecule has 1 saturated heterocycles. The maximum atomic E-state index is 12.0. The van der Waals surface area contributed by atoms with Crippen molar-refractivity contribution in [1.29, 1.82) is 0 Å². The molecule has 2 aromatic heterocycles. The number of rotatable bonds is 10. The second-order valence-corrected chi connectivity index (χ2v) is 11.0. The second kappa shape index (κ2) is 11.6. The van der Waals surface area contributed by atoms with E-state index >= 15 is 0 Å². The van der Waals surface area contributed by atoms with Crippen LogP contribution >= 0.6 is 19.2 Å². The number of anilines is 1. The first-order valence-electron chi connectivity index (χ1n) is 11.6. The molecule has 0 amide bonds. The summed E-state index contributed by atoms with van der Waals surface area (Å²) in [6.45, 7) is 0.951. The van der Waals surface area contributed by atoms with Crippen LogP contribution in [-0.4, -0.2) is 75.8 Å². The van der Waals surface area contributed by atoms with Gasteiger partial charge in [-0.1, -0.05) is 19.8 Å². The number of methoxy groups -OCH3 is 1. The zero-order valence-corrected chi connectivity index (χ0v) is 21.6. The molecule has 0 radical (unpaired) electrons. The quantitative estimate of drug-likeness (QED) is 0.172. The lowest BCUT2D eigenvalue weighted by Crippen LogP contribution is -2.26. The van der Waals surface area contributed by atoms with E-state index in [9.17, 15) is 19.4 Å². The van der Waals surface area contributed by atoms with Crippen LogP contribution in [0, 0.1) is 5.92 Å². The molecule has 3 heterocycles. The molecule has 2 unspecified atom stereocenters. The number of nitrogens with one attached hydrogen (secondary N) is 1. The molecule has 1 aliphatic carbocycles. The van der Waals surface area contributed by atoms with E-state index in [0.717, 1.165) is 25.3 Å². The molecule has 3 N–H and O–H groups in total. The highest BCUT2D eigenvalue weighted by molar-refractivity contribution is 7.52. The van der Waals surface area contributed by atoms with Crippen molar-refractivity contribution >= 4 is 42.2 Å². The van der Waals surface area contributed by atoms with E-state index < -0.39 is 45.3 Å². The summed E-state index contributed by atoms with van der Waals surface area (Å²) < 4.78 is 38.5. The van der Waals surface area contributed by atoms with Crippen molar-refractivity contribution in [3.8, 4) is 0 Å². The smallest absolute Gasteiger partial charge is 0.438 e. The number of ether oxygens (including phenoxy) is 4. The van der Waals surface area contributed by atoms with Crippen LogP contribution in [0.2, 0.25) is 5.28 Å². The number of aromatic nitrogens is 3. The summed E-state index contributed by atoms with van der Waals surface area (Å²) in [5.74, 6) is 0.286. The third-order valence-electron chi connectivity index (χ3n) is 6.38. The minimum atomic E-state index is -4.19. The molecule has 15 heteroatoms. The largest absolute Gasteiger partial charge is 0.510 e. The van der Waals surface area contributed by atoms with Crippen molar-refractivity contribution in [1.82, 2.24) is 14.5 Å². The van der Waals surface area contributed by atoms with Crippen LogP contribution < -0.4 is 5.32 Å². The molecule has 200 valence electrons. The summed E-state index contributed by atoms with van der Waals surface area (Å²) in [7, 11) is -3.09. The van der Waals surface area contributed by atoms with Crippen LogP contribution in [-0.2, 0) is 28.0 Å². The van der Waals surface area contributed by atoms with Gasteiger partial charge in [0.2, 0.25) is 12.1 Å². The minimum absolute atomic E-state index is 0.0794. The van der Waals surface area contributed by atoms with E-state index in [4.69, 9.17) is 21.1 Å². The Hall–Kier alpha value is -1.99. The van der Waals surface area contributed by atoms with Gasteiger partial charge in [-0.15, -0.1) is 0 Å². The van der Waals surface area contributed by atoms with Crippen LogP contribution in [0.25, 0.3) is 11.0 Å². The summed E-state index contributed by atoms with van der Waals surface area (Å²) in [4.78, 5) is 29.4. The number of aliphatic hydroxyl groups excluding tert-OH is 1. The topological polar surface area (TPSA) is 163 Å². The zero-order chi connectivity index (χ0) is 25.9. The second-order valence-electron chi connectivity index (χ2n) is 8.82. The summed E-state index contributed by atoms with van der Waals surface area (Å²) in [6, 6.07) is 2.18. The molecule has 13 nitrogen and oxygen atoms in total. The molecule has 0 spiro atoms. The van der Waals surface area contributed by atoms with E-state index in [0.29, 0.717) is 17.5 Å². The normalized spacial score (nSPS) is 26.2. The van der Waals surface area contributed by atoms with Gasteiger partial charge < -0.3 is 38.8 Å². The number of carbonyl (C=O) groups is 1. The standard InChI is InChI=1S/C21H30ClN4O9P/c1-12-15(9-32-11-36(29,30)34-10-33-21(28)31-2)35-19(16(12)27)26-8-7-14-17(23-13-5-3-4-6-13)24-20(22)25-18(14)26/h7-8,12-13,15-16,19,27H,3-6,9-11H2,1-2H3,(H,29,30)(H,23,24,25)/t12-,15?,16-,19-/m1/s1. The predicted octanol–water partition coefficient (Wildman–Crippen LogP) is 3.25. The fourth-order valence-electron chi connectivity index (χ4n) is 4.41. The zero-order valence-electron chi connectivity index (χ0n) is 19.9. The van der Waals surface area contributed by atoms with Gasteiger partial charge in [0.05, 0.1) is 25.2 Å². The van der Waals surface area contributed by atoms with Gasteiger partial charge >= 0.3 is 13.8 Å². The fourth-order valence-corrected chi connectivity index (χ4v) is 5.20. The molecule has 0 aromatic carbocycles. The Balaban J connectivity index is 1.39. The Morgan fingerprint density at radius 2 is 2.11 bits per heavy atom. The summed E-state index contributed by atoms with van der Waals surface area (Å²) in [5, 5.41) is 15.2. The maximum absolute atomic E-state index is 12.0. The molecule has 1 saturated carbocycles. The summed E-state index contributed by atoms with van der Waals surface area (Å²) in [6.07, 6.45) is 2.27. The van der Waals surface area contributed by atoms with Crippen molar-refractivity contribution in [2.24, 2.45) is 5.92 Å². The Bertz CT molecular complexity index is 1110. The van der Waals surface area contributed by atoms with Crippen molar-refractivity contribution < 1.29 is 42.8 Å². The average molecular weight is 549 g/mol. The maximum Gasteiger partial charge on any atom is 0.510 e. The van der Waals surface area contributed by atoms with Gasteiger partial charge in [-0.2, -0.15) is 4.98 Å². The first-order valence-corrected chi connectivity index (χ1v) is 13.7. The number of hydrogen-bond donors (Lipinski definition) is 3. The Kier molecular flexibility index (Phi) is 8.71. The molecule has 2 aliphatic rings. The number of carbonyl (C=O) groups excluding carboxylic acids is 1. The average Bonchev–Trinajstić information content (AvgIpc) is 3.55.